The maximum atomic E-state index is 12.7. The monoisotopic (exact) mass is 497 g/mol. The Morgan fingerprint density at radius 3 is 2.77 bits per heavy atom. The molecule has 5 nitrogen and oxygen atoms in total. The van der Waals surface area contributed by atoms with Crippen molar-refractivity contribution in [1.82, 2.24) is 9.66 Å². The summed E-state index contributed by atoms with van der Waals surface area (Å²) in [6, 6.07) is 8.94. The summed E-state index contributed by atoms with van der Waals surface area (Å²) in [5, 5.41) is 5.25. The molecular formula is C18H14Br2ClN3O2. The van der Waals surface area contributed by atoms with Gasteiger partial charge >= 0.3 is 0 Å². The van der Waals surface area contributed by atoms with Crippen molar-refractivity contribution in [2.24, 2.45) is 5.10 Å². The Kier molecular flexibility index (Phi) is 5.79. The quantitative estimate of drug-likeness (QED) is 0.466. The standard InChI is InChI=1S/C18H14Br2ClN3O2/c1-3-26-17-14(20)6-11(7-15(17)21)9-22-24-10(2)23-16-5-4-12(19)8-13(16)18(24)25/h4-9H,3H2,1-2H3. The number of ether oxygens (including phenoxy) is 1. The molecule has 1 heterocycles. The Morgan fingerprint density at radius 2 is 2.08 bits per heavy atom. The van der Waals surface area contributed by atoms with E-state index in [2.05, 4.69) is 41.9 Å². The molecule has 1 aromatic heterocycles. The SMILES string of the molecule is CCOc1c(Cl)cc(C=Nn2c(C)nc3ccc(Br)cc3c2=O)cc1Br. The van der Waals surface area contributed by atoms with Crippen molar-refractivity contribution in [2.75, 3.05) is 6.61 Å². The molecule has 0 saturated heterocycles. The average Bonchev–Trinajstić information content (AvgIpc) is 2.59. The van der Waals surface area contributed by atoms with Gasteiger partial charge in [0, 0.05) is 4.47 Å². The molecule has 0 aliphatic heterocycles. The number of aromatic nitrogens is 2. The minimum Gasteiger partial charge on any atom is -0.491 e. The highest BCUT2D eigenvalue weighted by atomic mass is 79.9. The molecule has 3 rings (SSSR count). The number of fused-ring (bicyclic) bond motifs is 1. The van der Waals surface area contributed by atoms with E-state index in [9.17, 15) is 4.79 Å². The number of benzene rings is 2. The van der Waals surface area contributed by atoms with Gasteiger partial charge in [0.15, 0.2) is 5.75 Å². The third kappa shape index (κ3) is 3.84. The van der Waals surface area contributed by atoms with Crippen LogP contribution in [0.25, 0.3) is 10.9 Å². The summed E-state index contributed by atoms with van der Waals surface area (Å²) < 4.78 is 8.29. The smallest absolute Gasteiger partial charge is 0.282 e. The number of aryl methyl sites for hydroxylation is 1. The Bertz CT molecular complexity index is 1060. The summed E-state index contributed by atoms with van der Waals surface area (Å²) in [6.45, 7) is 4.14. The van der Waals surface area contributed by atoms with Crippen LogP contribution >= 0.6 is 43.5 Å². The topological polar surface area (TPSA) is 56.5 Å². The van der Waals surface area contributed by atoms with E-state index in [0.29, 0.717) is 34.1 Å². The van der Waals surface area contributed by atoms with Crippen LogP contribution in [-0.2, 0) is 0 Å². The van der Waals surface area contributed by atoms with E-state index in [1.165, 1.54) is 4.68 Å². The van der Waals surface area contributed by atoms with Crippen LogP contribution in [0.3, 0.4) is 0 Å². The summed E-state index contributed by atoms with van der Waals surface area (Å²) in [7, 11) is 0. The molecule has 134 valence electrons. The zero-order valence-corrected chi connectivity index (χ0v) is 17.9. The number of halogens is 3. The number of hydrogen-bond donors (Lipinski definition) is 0. The number of hydrogen-bond acceptors (Lipinski definition) is 4. The zero-order valence-electron chi connectivity index (χ0n) is 14.0. The molecule has 0 fully saturated rings. The van der Waals surface area contributed by atoms with Gasteiger partial charge in [-0.15, -0.1) is 0 Å². The summed E-state index contributed by atoms with van der Waals surface area (Å²) in [4.78, 5) is 17.2. The largest absolute Gasteiger partial charge is 0.491 e. The van der Waals surface area contributed by atoms with Gasteiger partial charge in [0.05, 0.1) is 33.2 Å². The van der Waals surface area contributed by atoms with Crippen LogP contribution in [0.5, 0.6) is 5.75 Å². The molecule has 0 saturated carbocycles. The van der Waals surface area contributed by atoms with Gasteiger partial charge in [-0.05, 0) is 65.7 Å². The summed E-state index contributed by atoms with van der Waals surface area (Å²) in [5.74, 6) is 1.08. The summed E-state index contributed by atoms with van der Waals surface area (Å²) >= 11 is 13.1. The Morgan fingerprint density at radius 1 is 1.31 bits per heavy atom. The lowest BCUT2D eigenvalue weighted by molar-refractivity contribution is 0.338. The molecule has 2 aromatic carbocycles. The van der Waals surface area contributed by atoms with Crippen molar-refractivity contribution in [3.05, 3.63) is 66.0 Å². The second-order valence-corrected chi connectivity index (χ2v) is 7.61. The van der Waals surface area contributed by atoms with Crippen molar-refractivity contribution in [3.8, 4) is 5.75 Å². The number of rotatable bonds is 4. The van der Waals surface area contributed by atoms with E-state index in [-0.39, 0.29) is 5.56 Å². The van der Waals surface area contributed by atoms with E-state index in [1.54, 1.807) is 31.3 Å². The molecule has 26 heavy (non-hydrogen) atoms. The molecule has 0 spiro atoms. The molecule has 0 amide bonds. The maximum Gasteiger partial charge on any atom is 0.282 e. The summed E-state index contributed by atoms with van der Waals surface area (Å²) in [6.07, 6.45) is 1.56. The molecule has 0 bridgehead atoms. The van der Waals surface area contributed by atoms with Crippen LogP contribution in [0.1, 0.15) is 18.3 Å². The highest BCUT2D eigenvalue weighted by molar-refractivity contribution is 9.10. The predicted octanol–water partition coefficient (Wildman–Crippen LogP) is 5.16. The maximum absolute atomic E-state index is 12.7. The third-order valence-electron chi connectivity index (χ3n) is 3.60. The van der Waals surface area contributed by atoms with Gasteiger partial charge < -0.3 is 4.74 Å². The second-order valence-electron chi connectivity index (χ2n) is 5.43. The van der Waals surface area contributed by atoms with Gasteiger partial charge in [0.2, 0.25) is 0 Å². The Hall–Kier alpha value is -1.70. The lowest BCUT2D eigenvalue weighted by Crippen LogP contribution is -2.20. The van der Waals surface area contributed by atoms with Crippen molar-refractivity contribution in [3.63, 3.8) is 0 Å². The fourth-order valence-electron chi connectivity index (χ4n) is 2.46. The Balaban J connectivity index is 2.05. The van der Waals surface area contributed by atoms with Gasteiger partial charge in [-0.1, -0.05) is 27.5 Å². The molecule has 0 aliphatic carbocycles. The predicted molar refractivity (Wildman–Crippen MR) is 112 cm³/mol. The van der Waals surface area contributed by atoms with Gasteiger partial charge in [-0.3, -0.25) is 4.79 Å². The van der Waals surface area contributed by atoms with E-state index in [0.717, 1.165) is 14.5 Å². The zero-order chi connectivity index (χ0) is 18.8. The minimum absolute atomic E-state index is 0.235. The fraction of sp³-hybridized carbons (Fsp3) is 0.167. The average molecular weight is 500 g/mol. The molecule has 0 N–H and O–H groups in total. The van der Waals surface area contributed by atoms with Crippen LogP contribution < -0.4 is 10.3 Å². The number of nitrogens with zero attached hydrogens (tertiary/aromatic N) is 3. The van der Waals surface area contributed by atoms with Crippen LogP contribution in [-0.4, -0.2) is 22.5 Å². The van der Waals surface area contributed by atoms with Crippen molar-refractivity contribution in [1.29, 1.82) is 0 Å². The van der Waals surface area contributed by atoms with E-state index in [4.69, 9.17) is 16.3 Å². The van der Waals surface area contributed by atoms with E-state index >= 15 is 0 Å². The normalized spacial score (nSPS) is 11.4. The molecule has 0 unspecified atom stereocenters. The minimum atomic E-state index is -0.235. The molecule has 0 atom stereocenters. The van der Waals surface area contributed by atoms with Crippen molar-refractivity contribution < 1.29 is 4.74 Å². The molecule has 8 heteroatoms. The highest BCUT2D eigenvalue weighted by Crippen LogP contribution is 2.34. The van der Waals surface area contributed by atoms with E-state index in [1.807, 2.05) is 19.1 Å². The Labute approximate surface area is 171 Å². The first-order valence-electron chi connectivity index (χ1n) is 7.76. The van der Waals surface area contributed by atoms with Crippen molar-refractivity contribution >= 4 is 60.6 Å². The van der Waals surface area contributed by atoms with Crippen LogP contribution in [0.2, 0.25) is 5.02 Å². The highest BCUT2D eigenvalue weighted by Gasteiger charge is 2.10. The first-order valence-corrected chi connectivity index (χ1v) is 9.72. The van der Waals surface area contributed by atoms with Gasteiger partial charge in [-0.25, -0.2) is 4.98 Å². The first kappa shape index (κ1) is 19.1. The van der Waals surface area contributed by atoms with Crippen LogP contribution in [0.15, 0.2) is 49.2 Å². The van der Waals surface area contributed by atoms with Crippen LogP contribution in [0, 0.1) is 6.92 Å². The van der Waals surface area contributed by atoms with Crippen LogP contribution in [0.4, 0.5) is 0 Å². The molecule has 3 aromatic rings. The van der Waals surface area contributed by atoms with E-state index < -0.39 is 0 Å². The molecule has 0 aliphatic rings. The summed E-state index contributed by atoms with van der Waals surface area (Å²) in [5.41, 5.74) is 1.13. The molecule has 0 radical (unpaired) electrons. The second kappa shape index (κ2) is 7.90. The van der Waals surface area contributed by atoms with Crippen molar-refractivity contribution in [2.45, 2.75) is 13.8 Å². The lowest BCUT2D eigenvalue weighted by atomic mass is 10.2. The first-order chi connectivity index (χ1) is 12.4. The molecular weight excluding hydrogens is 485 g/mol. The van der Waals surface area contributed by atoms with Gasteiger partial charge in [0.25, 0.3) is 5.56 Å². The lowest BCUT2D eigenvalue weighted by Gasteiger charge is -2.09. The fourth-order valence-corrected chi connectivity index (χ4v) is 3.81. The third-order valence-corrected chi connectivity index (χ3v) is 4.96. The van der Waals surface area contributed by atoms with Gasteiger partial charge in [-0.2, -0.15) is 9.78 Å². The van der Waals surface area contributed by atoms with Gasteiger partial charge in [0.1, 0.15) is 5.82 Å².